The Bertz CT molecular complexity index is 1210. The van der Waals surface area contributed by atoms with Crippen molar-refractivity contribution in [3.8, 4) is 5.75 Å². The summed E-state index contributed by atoms with van der Waals surface area (Å²) in [4.78, 5) is 40.7. The normalized spacial score (nSPS) is 14.2. The maximum Gasteiger partial charge on any atom is 0.287 e. The molecule has 0 aliphatic heterocycles. The first-order valence-electron chi connectivity index (χ1n) is 11.8. The third-order valence-electron chi connectivity index (χ3n) is 6.14. The van der Waals surface area contributed by atoms with Crippen LogP contribution in [0.25, 0.3) is 0 Å². The number of para-hydroxylation sites is 1. The quantitative estimate of drug-likeness (QED) is 0.470. The second-order valence-corrected chi connectivity index (χ2v) is 8.54. The highest BCUT2D eigenvalue weighted by molar-refractivity contribution is 6.04. The van der Waals surface area contributed by atoms with Crippen LogP contribution in [0.15, 0.2) is 71.3 Å². The number of carbonyl (C=O) groups excluding carboxylic acids is 3. The van der Waals surface area contributed by atoms with Crippen molar-refractivity contribution in [2.24, 2.45) is 0 Å². The number of carbonyl (C=O) groups is 3. The number of methoxy groups -OCH3 is 1. The van der Waals surface area contributed by atoms with E-state index >= 15 is 4.39 Å². The van der Waals surface area contributed by atoms with E-state index in [1.165, 1.54) is 37.6 Å². The van der Waals surface area contributed by atoms with Crippen LogP contribution in [0.2, 0.25) is 0 Å². The smallest absolute Gasteiger partial charge is 0.287 e. The van der Waals surface area contributed by atoms with Crippen molar-refractivity contribution in [1.82, 2.24) is 10.6 Å². The molecule has 1 saturated carbocycles. The molecule has 36 heavy (non-hydrogen) atoms. The predicted molar refractivity (Wildman–Crippen MR) is 131 cm³/mol. The molecule has 1 atom stereocenters. The van der Waals surface area contributed by atoms with Gasteiger partial charge < -0.3 is 19.8 Å². The fraction of sp³-hybridized carbons (Fsp3) is 0.296. The Labute approximate surface area is 208 Å². The molecule has 0 radical (unpaired) electrons. The summed E-state index contributed by atoms with van der Waals surface area (Å²) in [6.45, 7) is -0.481. The molecule has 1 fully saturated rings. The number of hydrogen-bond acceptors (Lipinski definition) is 5. The minimum Gasteiger partial charge on any atom is -0.497 e. The second kappa shape index (κ2) is 11.5. The fourth-order valence-corrected chi connectivity index (χ4v) is 4.38. The first-order chi connectivity index (χ1) is 17.5. The minimum absolute atomic E-state index is 0.0261. The lowest BCUT2D eigenvalue weighted by Gasteiger charge is -2.32. The van der Waals surface area contributed by atoms with Gasteiger partial charge in [0.15, 0.2) is 5.76 Å². The van der Waals surface area contributed by atoms with E-state index in [0.717, 1.165) is 30.6 Å². The number of halogens is 1. The van der Waals surface area contributed by atoms with Crippen LogP contribution in [-0.4, -0.2) is 37.4 Å². The Morgan fingerprint density at radius 1 is 1.08 bits per heavy atom. The van der Waals surface area contributed by atoms with E-state index in [0.29, 0.717) is 11.3 Å². The van der Waals surface area contributed by atoms with Crippen molar-refractivity contribution in [3.05, 3.63) is 84.1 Å². The zero-order chi connectivity index (χ0) is 25.5. The minimum atomic E-state index is -1.20. The molecule has 0 saturated heterocycles. The molecule has 1 heterocycles. The van der Waals surface area contributed by atoms with Crippen LogP contribution in [0.5, 0.6) is 5.75 Å². The average Bonchev–Trinajstić information content (AvgIpc) is 3.61. The van der Waals surface area contributed by atoms with Crippen LogP contribution in [0.1, 0.15) is 47.8 Å². The zero-order valence-electron chi connectivity index (χ0n) is 19.9. The van der Waals surface area contributed by atoms with Crippen molar-refractivity contribution in [1.29, 1.82) is 0 Å². The molecule has 1 aromatic heterocycles. The van der Waals surface area contributed by atoms with Crippen LogP contribution in [0, 0.1) is 5.82 Å². The van der Waals surface area contributed by atoms with Gasteiger partial charge in [0.05, 0.1) is 25.6 Å². The predicted octanol–water partition coefficient (Wildman–Crippen LogP) is 3.99. The topological polar surface area (TPSA) is 101 Å². The van der Waals surface area contributed by atoms with E-state index < -0.39 is 36.1 Å². The van der Waals surface area contributed by atoms with Gasteiger partial charge in [-0.1, -0.05) is 37.1 Å². The summed E-state index contributed by atoms with van der Waals surface area (Å²) in [6, 6.07) is 14.2. The van der Waals surface area contributed by atoms with Crippen molar-refractivity contribution >= 4 is 23.4 Å². The van der Waals surface area contributed by atoms with Crippen LogP contribution in [0.4, 0.5) is 10.1 Å². The maximum absolute atomic E-state index is 15.1. The summed E-state index contributed by atoms with van der Waals surface area (Å²) < 4.78 is 25.5. The van der Waals surface area contributed by atoms with Gasteiger partial charge in [0, 0.05) is 6.04 Å². The monoisotopic (exact) mass is 493 g/mol. The SMILES string of the molecule is COc1cccc([C@@H](C(=O)NC2CCCC2)N(C(=O)CNC(=O)c2ccco2)c2ccccc2F)c1. The van der Waals surface area contributed by atoms with Crippen molar-refractivity contribution < 1.29 is 27.9 Å². The van der Waals surface area contributed by atoms with E-state index in [1.54, 1.807) is 36.4 Å². The number of amides is 3. The van der Waals surface area contributed by atoms with Gasteiger partial charge in [-0.3, -0.25) is 19.3 Å². The standard InChI is InChI=1S/C27H28FN3O5/c1-35-20-11-6-8-18(16-20)25(27(34)30-19-9-2-3-10-19)31(22-13-5-4-12-21(22)28)24(32)17-29-26(33)23-14-7-15-36-23/h4-8,11-16,19,25H,2-3,9-10,17H2,1H3,(H,29,33)(H,30,34)/t25-/m0/s1. The van der Waals surface area contributed by atoms with E-state index in [1.807, 2.05) is 0 Å². The number of furan rings is 1. The molecule has 188 valence electrons. The van der Waals surface area contributed by atoms with Crippen molar-refractivity contribution in [2.75, 3.05) is 18.6 Å². The highest BCUT2D eigenvalue weighted by Crippen LogP contribution is 2.32. The van der Waals surface area contributed by atoms with Crippen LogP contribution >= 0.6 is 0 Å². The van der Waals surface area contributed by atoms with Crippen molar-refractivity contribution in [2.45, 2.75) is 37.8 Å². The van der Waals surface area contributed by atoms with Crippen LogP contribution in [-0.2, 0) is 9.59 Å². The first-order valence-corrected chi connectivity index (χ1v) is 11.8. The van der Waals surface area contributed by atoms with Gasteiger partial charge in [-0.25, -0.2) is 4.39 Å². The van der Waals surface area contributed by atoms with Gasteiger partial charge in [0.25, 0.3) is 5.91 Å². The molecular formula is C27H28FN3O5. The van der Waals surface area contributed by atoms with Gasteiger partial charge in [-0.2, -0.15) is 0 Å². The Morgan fingerprint density at radius 3 is 2.56 bits per heavy atom. The molecule has 2 aromatic carbocycles. The fourth-order valence-electron chi connectivity index (χ4n) is 4.38. The molecule has 1 aliphatic rings. The van der Waals surface area contributed by atoms with Gasteiger partial charge in [0.2, 0.25) is 11.8 Å². The van der Waals surface area contributed by atoms with Crippen LogP contribution < -0.4 is 20.3 Å². The number of nitrogens with zero attached hydrogens (tertiary/aromatic N) is 1. The highest BCUT2D eigenvalue weighted by Gasteiger charge is 2.35. The largest absolute Gasteiger partial charge is 0.497 e. The third-order valence-corrected chi connectivity index (χ3v) is 6.14. The molecule has 3 aromatic rings. The Kier molecular flexibility index (Phi) is 7.99. The molecule has 2 N–H and O–H groups in total. The van der Waals surface area contributed by atoms with Gasteiger partial charge >= 0.3 is 0 Å². The maximum atomic E-state index is 15.1. The molecule has 1 aliphatic carbocycles. The number of hydrogen-bond donors (Lipinski definition) is 2. The number of benzene rings is 2. The summed E-state index contributed by atoms with van der Waals surface area (Å²) in [6.07, 6.45) is 5.02. The average molecular weight is 494 g/mol. The third kappa shape index (κ3) is 5.73. The second-order valence-electron chi connectivity index (χ2n) is 8.54. The highest BCUT2D eigenvalue weighted by atomic mass is 19.1. The van der Waals surface area contributed by atoms with Gasteiger partial charge in [0.1, 0.15) is 17.6 Å². The summed E-state index contributed by atoms with van der Waals surface area (Å²) in [5, 5.41) is 5.52. The Hall–Kier alpha value is -4.14. The lowest BCUT2D eigenvalue weighted by Crippen LogP contribution is -2.49. The summed E-state index contributed by atoms with van der Waals surface area (Å²) in [5.74, 6) is -1.87. The molecule has 0 spiro atoms. The number of anilines is 1. The lowest BCUT2D eigenvalue weighted by atomic mass is 10.0. The molecule has 3 amide bonds. The summed E-state index contributed by atoms with van der Waals surface area (Å²) in [7, 11) is 1.50. The van der Waals surface area contributed by atoms with E-state index in [4.69, 9.17) is 9.15 Å². The van der Waals surface area contributed by atoms with E-state index in [-0.39, 0.29) is 17.5 Å². The lowest BCUT2D eigenvalue weighted by molar-refractivity contribution is -0.126. The van der Waals surface area contributed by atoms with E-state index in [2.05, 4.69) is 10.6 Å². The number of ether oxygens (including phenoxy) is 1. The first kappa shape index (κ1) is 25.0. The van der Waals surface area contributed by atoms with Crippen LogP contribution in [0.3, 0.4) is 0 Å². The van der Waals surface area contributed by atoms with Gasteiger partial charge in [-0.15, -0.1) is 0 Å². The Morgan fingerprint density at radius 2 is 1.86 bits per heavy atom. The molecular weight excluding hydrogens is 465 g/mol. The summed E-state index contributed by atoms with van der Waals surface area (Å²) >= 11 is 0. The molecule has 0 bridgehead atoms. The summed E-state index contributed by atoms with van der Waals surface area (Å²) in [5.41, 5.74) is 0.364. The van der Waals surface area contributed by atoms with Gasteiger partial charge in [-0.05, 0) is 54.8 Å². The molecule has 0 unspecified atom stereocenters. The van der Waals surface area contributed by atoms with E-state index in [9.17, 15) is 14.4 Å². The number of rotatable bonds is 9. The zero-order valence-corrected chi connectivity index (χ0v) is 19.9. The Balaban J connectivity index is 1.71. The molecule has 4 rings (SSSR count). The van der Waals surface area contributed by atoms with Crippen molar-refractivity contribution in [3.63, 3.8) is 0 Å². The molecule has 8 nitrogen and oxygen atoms in total. The molecule has 9 heteroatoms. The number of nitrogens with one attached hydrogen (secondary N) is 2.